The summed E-state index contributed by atoms with van der Waals surface area (Å²) in [5, 5.41) is 3.84. The number of hydrogen-bond donors (Lipinski definition) is 1. The van der Waals surface area contributed by atoms with Crippen LogP contribution in [0, 0.1) is 0 Å². The first-order valence-corrected chi connectivity index (χ1v) is 11.5. The molecule has 0 bridgehead atoms. The van der Waals surface area contributed by atoms with Gasteiger partial charge in [0.1, 0.15) is 6.17 Å². The second-order valence-corrected chi connectivity index (χ2v) is 8.74. The Balaban J connectivity index is 1.32. The van der Waals surface area contributed by atoms with Gasteiger partial charge < -0.3 is 15.1 Å². The van der Waals surface area contributed by atoms with Gasteiger partial charge in [-0.3, -0.25) is 9.69 Å². The fourth-order valence-electron chi connectivity index (χ4n) is 4.62. The van der Waals surface area contributed by atoms with E-state index in [1.807, 2.05) is 30.3 Å². The predicted octanol–water partition coefficient (Wildman–Crippen LogP) is 4.41. The molecule has 0 radical (unpaired) electrons. The van der Waals surface area contributed by atoms with Crippen molar-refractivity contribution in [1.29, 1.82) is 0 Å². The highest BCUT2D eigenvalue weighted by Gasteiger charge is 2.32. The highest BCUT2D eigenvalue weighted by molar-refractivity contribution is 6.31. The minimum atomic E-state index is -0.208. The van der Waals surface area contributed by atoms with Crippen LogP contribution in [0.2, 0.25) is 5.02 Å². The van der Waals surface area contributed by atoms with Gasteiger partial charge in [0.2, 0.25) is 0 Å². The van der Waals surface area contributed by atoms with Gasteiger partial charge in [-0.1, -0.05) is 60.1 Å². The van der Waals surface area contributed by atoms with E-state index in [-0.39, 0.29) is 12.1 Å². The van der Waals surface area contributed by atoms with Gasteiger partial charge in [-0.15, -0.1) is 0 Å². The van der Waals surface area contributed by atoms with Crippen LogP contribution in [-0.4, -0.2) is 50.1 Å². The molecule has 0 spiro atoms. The third-order valence-corrected chi connectivity index (χ3v) is 6.59. The molecule has 6 heteroatoms. The highest BCUT2D eigenvalue weighted by atomic mass is 35.5. The van der Waals surface area contributed by atoms with E-state index in [9.17, 15) is 4.79 Å². The lowest BCUT2D eigenvalue weighted by atomic mass is 10.0. The first-order valence-electron chi connectivity index (χ1n) is 11.1. The summed E-state index contributed by atoms with van der Waals surface area (Å²) in [6.45, 7) is 5.81. The van der Waals surface area contributed by atoms with Crippen molar-refractivity contribution in [2.75, 3.05) is 49.1 Å². The molecule has 2 aliphatic heterocycles. The van der Waals surface area contributed by atoms with Gasteiger partial charge in [-0.05, 0) is 35.9 Å². The van der Waals surface area contributed by atoms with E-state index in [1.54, 1.807) is 6.07 Å². The Labute approximate surface area is 194 Å². The van der Waals surface area contributed by atoms with Crippen LogP contribution in [0.4, 0.5) is 11.4 Å². The first-order chi connectivity index (χ1) is 15.7. The summed E-state index contributed by atoms with van der Waals surface area (Å²) in [7, 11) is 0. The van der Waals surface area contributed by atoms with Crippen molar-refractivity contribution in [3.05, 3.63) is 95.0 Å². The maximum absolute atomic E-state index is 12.8. The summed E-state index contributed by atoms with van der Waals surface area (Å²) in [5.41, 5.74) is 3.94. The number of carbonyl (C=O) groups is 1. The average Bonchev–Trinajstić information content (AvgIpc) is 2.84. The van der Waals surface area contributed by atoms with Crippen molar-refractivity contribution in [3.63, 3.8) is 0 Å². The Morgan fingerprint density at radius 1 is 0.844 bits per heavy atom. The first kappa shape index (κ1) is 20.9. The monoisotopic (exact) mass is 446 g/mol. The van der Waals surface area contributed by atoms with Gasteiger partial charge in [-0.25, -0.2) is 0 Å². The lowest BCUT2D eigenvalue weighted by Gasteiger charge is -2.42. The van der Waals surface area contributed by atoms with Crippen molar-refractivity contribution in [2.24, 2.45) is 0 Å². The molecule has 5 nitrogen and oxygen atoms in total. The second kappa shape index (κ2) is 9.23. The van der Waals surface area contributed by atoms with E-state index < -0.39 is 0 Å². The van der Waals surface area contributed by atoms with E-state index >= 15 is 0 Å². The minimum absolute atomic E-state index is 0.0572. The fourth-order valence-corrected chi connectivity index (χ4v) is 4.79. The third kappa shape index (κ3) is 4.31. The molecule has 1 N–H and O–H groups in total. The SMILES string of the molecule is O=C1NC(c2ccccc2)N(CCN2CCN(c3ccccc3)CC2)c2cc(Cl)ccc21. The van der Waals surface area contributed by atoms with Gasteiger partial charge in [0.15, 0.2) is 0 Å². The summed E-state index contributed by atoms with van der Waals surface area (Å²) in [6.07, 6.45) is -0.208. The molecule has 2 aliphatic rings. The van der Waals surface area contributed by atoms with Crippen LogP contribution in [0.1, 0.15) is 22.1 Å². The van der Waals surface area contributed by atoms with Crippen molar-refractivity contribution in [1.82, 2.24) is 10.2 Å². The second-order valence-electron chi connectivity index (χ2n) is 8.31. The number of rotatable bonds is 5. The number of benzene rings is 3. The summed E-state index contributed by atoms with van der Waals surface area (Å²) in [5.74, 6) is -0.0572. The van der Waals surface area contributed by atoms with E-state index in [2.05, 4.69) is 62.5 Å². The molecule has 3 aromatic rings. The Bertz CT molecular complexity index is 1070. The number of piperazine rings is 1. The molecule has 1 atom stereocenters. The van der Waals surface area contributed by atoms with E-state index in [1.165, 1.54) is 5.69 Å². The van der Waals surface area contributed by atoms with Crippen molar-refractivity contribution in [3.8, 4) is 0 Å². The van der Waals surface area contributed by atoms with Crippen LogP contribution in [0.3, 0.4) is 0 Å². The molecular weight excluding hydrogens is 420 g/mol. The number of nitrogens with one attached hydrogen (secondary N) is 1. The summed E-state index contributed by atoms with van der Waals surface area (Å²) in [4.78, 5) is 20.0. The van der Waals surface area contributed by atoms with Crippen molar-refractivity contribution >= 4 is 28.9 Å². The molecule has 1 unspecified atom stereocenters. The van der Waals surface area contributed by atoms with Crippen LogP contribution in [0.15, 0.2) is 78.9 Å². The molecule has 0 aliphatic carbocycles. The molecule has 1 saturated heterocycles. The van der Waals surface area contributed by atoms with Crippen LogP contribution in [0.25, 0.3) is 0 Å². The standard InChI is InChI=1S/C26H27ClN4O/c27-21-11-12-23-24(19-21)31(25(28-26(23)32)20-7-3-1-4-8-20)18-15-29-13-16-30(17-14-29)22-9-5-2-6-10-22/h1-12,19,25H,13-18H2,(H,28,32). The maximum atomic E-state index is 12.8. The Kier molecular flexibility index (Phi) is 6.02. The molecule has 0 aromatic heterocycles. The lowest BCUT2D eigenvalue weighted by molar-refractivity contribution is 0.0925. The van der Waals surface area contributed by atoms with Gasteiger partial charge >= 0.3 is 0 Å². The summed E-state index contributed by atoms with van der Waals surface area (Å²) >= 11 is 6.33. The smallest absolute Gasteiger partial charge is 0.255 e. The van der Waals surface area contributed by atoms with Gasteiger partial charge in [0.05, 0.1) is 11.3 Å². The quantitative estimate of drug-likeness (QED) is 0.630. The summed E-state index contributed by atoms with van der Waals surface area (Å²) < 4.78 is 0. The number of halogens is 1. The molecule has 1 amide bonds. The molecule has 2 heterocycles. The zero-order chi connectivity index (χ0) is 21.9. The number of carbonyl (C=O) groups excluding carboxylic acids is 1. The lowest BCUT2D eigenvalue weighted by Crippen LogP contribution is -2.52. The number of para-hydroxylation sites is 1. The number of amides is 1. The van der Waals surface area contributed by atoms with Crippen LogP contribution in [-0.2, 0) is 0 Å². The van der Waals surface area contributed by atoms with Crippen molar-refractivity contribution in [2.45, 2.75) is 6.17 Å². The molecule has 0 saturated carbocycles. The molecule has 1 fully saturated rings. The van der Waals surface area contributed by atoms with Crippen LogP contribution in [0.5, 0.6) is 0 Å². The largest absolute Gasteiger partial charge is 0.369 e. The summed E-state index contributed by atoms with van der Waals surface area (Å²) in [6, 6.07) is 26.3. The highest BCUT2D eigenvalue weighted by Crippen LogP contribution is 2.34. The van der Waals surface area contributed by atoms with Crippen molar-refractivity contribution < 1.29 is 4.79 Å². The van der Waals surface area contributed by atoms with Gasteiger partial charge in [0.25, 0.3) is 5.91 Å². The van der Waals surface area contributed by atoms with E-state index in [0.717, 1.165) is 50.5 Å². The van der Waals surface area contributed by atoms with Gasteiger partial charge in [0, 0.05) is 50.0 Å². The van der Waals surface area contributed by atoms with Crippen LogP contribution >= 0.6 is 11.6 Å². The Hall–Kier alpha value is -3.02. The fraction of sp³-hybridized carbons (Fsp3) is 0.269. The number of fused-ring (bicyclic) bond motifs is 1. The van der Waals surface area contributed by atoms with Crippen LogP contribution < -0.4 is 15.1 Å². The zero-order valence-corrected chi connectivity index (χ0v) is 18.7. The molecule has 5 rings (SSSR count). The molecule has 3 aromatic carbocycles. The molecule has 32 heavy (non-hydrogen) atoms. The number of anilines is 2. The third-order valence-electron chi connectivity index (χ3n) is 6.36. The maximum Gasteiger partial charge on any atom is 0.255 e. The molecular formula is C26H27ClN4O. The topological polar surface area (TPSA) is 38.8 Å². The zero-order valence-electron chi connectivity index (χ0n) is 18.0. The predicted molar refractivity (Wildman–Crippen MR) is 131 cm³/mol. The Morgan fingerprint density at radius 2 is 1.53 bits per heavy atom. The normalized spacial score (nSPS) is 18.9. The number of hydrogen-bond acceptors (Lipinski definition) is 4. The average molecular weight is 447 g/mol. The minimum Gasteiger partial charge on any atom is -0.369 e. The number of nitrogens with zero attached hydrogens (tertiary/aromatic N) is 3. The van der Waals surface area contributed by atoms with E-state index in [0.29, 0.717) is 10.6 Å². The van der Waals surface area contributed by atoms with Gasteiger partial charge in [-0.2, -0.15) is 0 Å². The van der Waals surface area contributed by atoms with E-state index in [4.69, 9.17) is 11.6 Å². The Morgan fingerprint density at radius 3 is 2.25 bits per heavy atom. The molecule has 164 valence electrons.